The van der Waals surface area contributed by atoms with Gasteiger partial charge in [0.15, 0.2) is 6.39 Å². The number of hydrogen-bond acceptors (Lipinski definition) is 4. The van der Waals surface area contributed by atoms with Gasteiger partial charge in [0.05, 0.1) is 0 Å². The molecule has 0 spiro atoms. The largest absolute Gasteiger partial charge is 0.451 e. The molecule has 6 nitrogen and oxygen atoms in total. The third-order valence-electron chi connectivity index (χ3n) is 1.54. The van der Waals surface area contributed by atoms with Crippen molar-refractivity contribution in [3.8, 4) is 11.4 Å². The number of nitrogens with zero attached hydrogens (tertiary/aromatic N) is 2. The first-order chi connectivity index (χ1) is 6.27. The van der Waals surface area contributed by atoms with Crippen molar-refractivity contribution in [1.82, 2.24) is 15.2 Å². The van der Waals surface area contributed by atoms with E-state index in [0.29, 0.717) is 11.4 Å². The van der Waals surface area contributed by atoms with E-state index in [-0.39, 0.29) is 5.69 Å². The summed E-state index contributed by atoms with van der Waals surface area (Å²) in [7, 11) is 0. The Kier molecular flexibility index (Phi) is 1.59. The lowest BCUT2D eigenvalue weighted by molar-refractivity contribution is 0.0995. The molecule has 0 bridgehead atoms. The van der Waals surface area contributed by atoms with Crippen LogP contribution in [0, 0.1) is 0 Å². The number of nitrogens with one attached hydrogen (secondary N) is 1. The number of carbonyl (C=O) groups is 1. The number of nitrogens with two attached hydrogens (primary N) is 1. The number of carbonyl (C=O) groups excluding carboxylic acids is 1. The van der Waals surface area contributed by atoms with Crippen LogP contribution in [0.25, 0.3) is 11.4 Å². The van der Waals surface area contributed by atoms with Crippen molar-refractivity contribution in [2.24, 2.45) is 5.73 Å². The topological polar surface area (TPSA) is 97.8 Å². The molecule has 0 saturated heterocycles. The van der Waals surface area contributed by atoms with Crippen LogP contribution >= 0.6 is 0 Å². The van der Waals surface area contributed by atoms with Gasteiger partial charge >= 0.3 is 0 Å². The van der Waals surface area contributed by atoms with Gasteiger partial charge < -0.3 is 10.2 Å². The number of aromatic nitrogens is 3. The normalized spacial score (nSPS) is 10.2. The average Bonchev–Trinajstić information content (AvgIpc) is 2.75. The number of hydrogen-bond donors (Lipinski definition) is 2. The fraction of sp³-hybridized carbons (Fsp3) is 0. The molecule has 0 aliphatic rings. The number of primary amides is 1. The van der Waals surface area contributed by atoms with Crippen LogP contribution in [0.2, 0.25) is 0 Å². The van der Waals surface area contributed by atoms with Crippen LogP contribution in [-0.2, 0) is 0 Å². The van der Waals surface area contributed by atoms with Gasteiger partial charge in [-0.3, -0.25) is 9.89 Å². The standard InChI is InChI=1S/C7H6N4O2/c8-7(12)5-1-4(10-11-5)6-2-13-3-9-6/h1-3H,(H2,8,12)(H,10,11). The van der Waals surface area contributed by atoms with Gasteiger partial charge in [0.25, 0.3) is 5.91 Å². The summed E-state index contributed by atoms with van der Waals surface area (Å²) in [4.78, 5) is 14.5. The van der Waals surface area contributed by atoms with Gasteiger partial charge in [0.2, 0.25) is 0 Å². The molecule has 0 aliphatic carbocycles. The van der Waals surface area contributed by atoms with Gasteiger partial charge in [0.1, 0.15) is 23.3 Å². The van der Waals surface area contributed by atoms with Crippen molar-refractivity contribution >= 4 is 5.91 Å². The molecule has 6 heteroatoms. The Morgan fingerprint density at radius 1 is 1.54 bits per heavy atom. The fourth-order valence-corrected chi connectivity index (χ4v) is 0.918. The molecule has 1 amide bonds. The van der Waals surface area contributed by atoms with E-state index in [2.05, 4.69) is 15.2 Å². The predicted octanol–water partition coefficient (Wildman–Crippen LogP) is 0.164. The molecule has 0 aromatic carbocycles. The van der Waals surface area contributed by atoms with Crippen molar-refractivity contribution in [3.05, 3.63) is 24.4 Å². The SMILES string of the molecule is NC(=O)c1cc(-c2cocn2)n[nH]1. The number of aromatic amines is 1. The molecule has 66 valence electrons. The molecular formula is C7H6N4O2. The maximum Gasteiger partial charge on any atom is 0.266 e. The quantitative estimate of drug-likeness (QED) is 0.684. The smallest absolute Gasteiger partial charge is 0.266 e. The maximum absolute atomic E-state index is 10.7. The van der Waals surface area contributed by atoms with Crippen LogP contribution in [-0.4, -0.2) is 21.1 Å². The van der Waals surface area contributed by atoms with E-state index in [1.54, 1.807) is 0 Å². The molecule has 0 atom stereocenters. The van der Waals surface area contributed by atoms with E-state index in [1.165, 1.54) is 18.7 Å². The van der Waals surface area contributed by atoms with Crippen LogP contribution < -0.4 is 5.73 Å². The van der Waals surface area contributed by atoms with Gasteiger partial charge in [-0.1, -0.05) is 0 Å². The molecule has 2 rings (SSSR count). The summed E-state index contributed by atoms with van der Waals surface area (Å²) >= 11 is 0. The van der Waals surface area contributed by atoms with Gasteiger partial charge in [-0.15, -0.1) is 0 Å². The minimum atomic E-state index is -0.553. The van der Waals surface area contributed by atoms with Crippen molar-refractivity contribution in [1.29, 1.82) is 0 Å². The lowest BCUT2D eigenvalue weighted by Crippen LogP contribution is -2.10. The summed E-state index contributed by atoms with van der Waals surface area (Å²) in [6.45, 7) is 0. The molecule has 2 aromatic heterocycles. The fourth-order valence-electron chi connectivity index (χ4n) is 0.918. The van der Waals surface area contributed by atoms with Crippen LogP contribution in [0.15, 0.2) is 23.1 Å². The molecule has 0 fully saturated rings. The van der Waals surface area contributed by atoms with Crippen LogP contribution in [0.5, 0.6) is 0 Å². The van der Waals surface area contributed by atoms with Crippen LogP contribution in [0.3, 0.4) is 0 Å². The van der Waals surface area contributed by atoms with Crippen molar-refractivity contribution < 1.29 is 9.21 Å². The Morgan fingerprint density at radius 3 is 2.92 bits per heavy atom. The molecule has 2 heterocycles. The third kappa shape index (κ3) is 1.28. The Balaban J connectivity index is 2.39. The molecule has 3 N–H and O–H groups in total. The van der Waals surface area contributed by atoms with E-state index in [0.717, 1.165) is 0 Å². The highest BCUT2D eigenvalue weighted by Crippen LogP contribution is 2.14. The first kappa shape index (κ1) is 7.53. The summed E-state index contributed by atoms with van der Waals surface area (Å²) in [5, 5.41) is 6.32. The van der Waals surface area contributed by atoms with Gasteiger partial charge in [-0.25, -0.2) is 4.98 Å². The van der Waals surface area contributed by atoms with E-state index in [1.807, 2.05) is 0 Å². The highest BCUT2D eigenvalue weighted by molar-refractivity contribution is 5.91. The minimum Gasteiger partial charge on any atom is -0.451 e. The molecule has 0 radical (unpaired) electrons. The van der Waals surface area contributed by atoms with E-state index in [9.17, 15) is 4.79 Å². The van der Waals surface area contributed by atoms with E-state index < -0.39 is 5.91 Å². The molecule has 0 saturated carbocycles. The van der Waals surface area contributed by atoms with Crippen molar-refractivity contribution in [3.63, 3.8) is 0 Å². The maximum atomic E-state index is 10.7. The first-order valence-corrected chi connectivity index (χ1v) is 3.51. The molecule has 0 aliphatic heterocycles. The van der Waals surface area contributed by atoms with Crippen LogP contribution in [0.1, 0.15) is 10.5 Å². The number of oxazole rings is 1. The summed E-state index contributed by atoms with van der Waals surface area (Å²) in [5.74, 6) is -0.553. The summed E-state index contributed by atoms with van der Waals surface area (Å²) in [5.41, 5.74) is 6.36. The second-order valence-electron chi connectivity index (χ2n) is 2.40. The zero-order valence-corrected chi connectivity index (χ0v) is 6.52. The molecule has 0 unspecified atom stereocenters. The van der Waals surface area contributed by atoms with Gasteiger partial charge in [0, 0.05) is 0 Å². The van der Waals surface area contributed by atoms with Gasteiger partial charge in [-0.2, -0.15) is 5.10 Å². The summed E-state index contributed by atoms with van der Waals surface area (Å²) in [6, 6.07) is 1.51. The number of amides is 1. The Bertz CT molecular complexity index is 417. The van der Waals surface area contributed by atoms with Crippen LogP contribution in [0.4, 0.5) is 0 Å². The average molecular weight is 178 g/mol. The lowest BCUT2D eigenvalue weighted by Gasteiger charge is -1.82. The second-order valence-corrected chi connectivity index (χ2v) is 2.40. The molecule has 2 aromatic rings. The third-order valence-corrected chi connectivity index (χ3v) is 1.54. The zero-order valence-electron chi connectivity index (χ0n) is 6.52. The van der Waals surface area contributed by atoms with Crippen molar-refractivity contribution in [2.45, 2.75) is 0 Å². The van der Waals surface area contributed by atoms with E-state index >= 15 is 0 Å². The molecular weight excluding hydrogens is 172 g/mol. The number of rotatable bonds is 2. The van der Waals surface area contributed by atoms with E-state index in [4.69, 9.17) is 10.2 Å². The van der Waals surface area contributed by atoms with Gasteiger partial charge in [-0.05, 0) is 6.07 Å². The molecule has 13 heavy (non-hydrogen) atoms. The first-order valence-electron chi connectivity index (χ1n) is 3.51. The zero-order chi connectivity index (χ0) is 9.26. The Hall–Kier alpha value is -2.11. The minimum absolute atomic E-state index is 0.248. The van der Waals surface area contributed by atoms with Crippen molar-refractivity contribution in [2.75, 3.05) is 0 Å². The Morgan fingerprint density at radius 2 is 2.38 bits per heavy atom. The monoisotopic (exact) mass is 178 g/mol. The Labute approximate surface area is 72.8 Å². The summed E-state index contributed by atoms with van der Waals surface area (Å²) < 4.78 is 4.76. The lowest BCUT2D eigenvalue weighted by atomic mass is 10.3. The number of H-pyrrole nitrogens is 1. The summed E-state index contributed by atoms with van der Waals surface area (Å²) in [6.07, 6.45) is 2.72. The highest BCUT2D eigenvalue weighted by atomic mass is 16.3. The highest BCUT2D eigenvalue weighted by Gasteiger charge is 2.08. The predicted molar refractivity (Wildman–Crippen MR) is 42.6 cm³/mol. The second kappa shape index (κ2) is 2.74.